The second-order valence-corrected chi connectivity index (χ2v) is 4.40. The minimum absolute atomic E-state index is 0.0251. The number of H-pyrrole nitrogens is 1. The van der Waals surface area contributed by atoms with E-state index in [2.05, 4.69) is 4.98 Å². The second-order valence-electron chi connectivity index (χ2n) is 4.40. The highest BCUT2D eigenvalue weighted by Crippen LogP contribution is 2.30. The number of amides is 1. The summed E-state index contributed by atoms with van der Waals surface area (Å²) in [6, 6.07) is 1.76. The maximum atomic E-state index is 12.2. The number of nitrogens with one attached hydrogen (secondary N) is 1. The number of pyridine rings is 1. The van der Waals surface area contributed by atoms with E-state index >= 15 is 0 Å². The molecule has 2 rings (SSSR count). The summed E-state index contributed by atoms with van der Waals surface area (Å²) in [6.45, 7) is 1.48. The fourth-order valence-electron chi connectivity index (χ4n) is 1.86. The van der Waals surface area contributed by atoms with Crippen molar-refractivity contribution in [3.63, 3.8) is 0 Å². The minimum Gasteiger partial charge on any atom is -0.480 e. The van der Waals surface area contributed by atoms with Crippen LogP contribution in [0.5, 0.6) is 0 Å². The molecule has 1 aromatic heterocycles. The van der Waals surface area contributed by atoms with Gasteiger partial charge in [-0.1, -0.05) is 0 Å². The molecule has 1 heterocycles. The molecule has 1 aliphatic rings. The van der Waals surface area contributed by atoms with E-state index in [4.69, 9.17) is 5.11 Å². The van der Waals surface area contributed by atoms with Crippen molar-refractivity contribution in [2.75, 3.05) is 0 Å². The monoisotopic (exact) mass is 250 g/mol. The number of carbonyl (C=O) groups is 2. The molecule has 1 aromatic rings. The third kappa shape index (κ3) is 2.42. The first-order valence-electron chi connectivity index (χ1n) is 5.75. The summed E-state index contributed by atoms with van der Waals surface area (Å²) < 4.78 is 0. The largest absolute Gasteiger partial charge is 0.480 e. The van der Waals surface area contributed by atoms with Crippen LogP contribution in [-0.2, 0) is 4.79 Å². The van der Waals surface area contributed by atoms with Gasteiger partial charge in [0.25, 0.3) is 5.91 Å². The van der Waals surface area contributed by atoms with Gasteiger partial charge in [0.1, 0.15) is 6.04 Å². The number of carbonyl (C=O) groups excluding carboxylic acids is 1. The average molecular weight is 250 g/mol. The standard InChI is InChI=1S/C12H14N2O4/c1-7(12(17)18)14(9-2-3-9)11(16)8-4-5-13-10(15)6-8/h4-7,9H,2-3H2,1H3,(H,13,15)(H,17,18). The number of nitrogens with zero attached hydrogens (tertiary/aromatic N) is 1. The number of rotatable bonds is 4. The highest BCUT2D eigenvalue weighted by Gasteiger charge is 2.38. The number of hydrogen-bond acceptors (Lipinski definition) is 3. The number of aromatic amines is 1. The molecule has 0 saturated heterocycles. The number of carboxylic acids is 1. The third-order valence-corrected chi connectivity index (χ3v) is 2.97. The van der Waals surface area contributed by atoms with Gasteiger partial charge in [-0.15, -0.1) is 0 Å². The van der Waals surface area contributed by atoms with E-state index in [9.17, 15) is 14.4 Å². The maximum Gasteiger partial charge on any atom is 0.326 e. The Hall–Kier alpha value is -2.11. The first-order chi connectivity index (χ1) is 8.50. The zero-order chi connectivity index (χ0) is 13.3. The molecule has 96 valence electrons. The van der Waals surface area contributed by atoms with Crippen molar-refractivity contribution in [2.24, 2.45) is 0 Å². The van der Waals surface area contributed by atoms with Crippen LogP contribution in [-0.4, -0.2) is 39.0 Å². The van der Waals surface area contributed by atoms with Crippen LogP contribution in [0.1, 0.15) is 30.1 Å². The molecule has 2 N–H and O–H groups in total. The van der Waals surface area contributed by atoms with Crippen molar-refractivity contribution in [3.8, 4) is 0 Å². The van der Waals surface area contributed by atoms with E-state index < -0.39 is 17.9 Å². The predicted molar refractivity (Wildman–Crippen MR) is 63.4 cm³/mol. The molecule has 1 amide bonds. The summed E-state index contributed by atoms with van der Waals surface area (Å²) in [5.74, 6) is -1.45. The van der Waals surface area contributed by atoms with Gasteiger partial charge in [-0.3, -0.25) is 9.59 Å². The van der Waals surface area contributed by atoms with Gasteiger partial charge in [-0.2, -0.15) is 0 Å². The number of hydrogen-bond donors (Lipinski definition) is 2. The fourth-order valence-corrected chi connectivity index (χ4v) is 1.86. The molecule has 1 saturated carbocycles. The Balaban J connectivity index is 2.29. The van der Waals surface area contributed by atoms with E-state index in [0.29, 0.717) is 0 Å². The van der Waals surface area contributed by atoms with Crippen molar-refractivity contribution >= 4 is 11.9 Å². The molecule has 6 nitrogen and oxygen atoms in total. The lowest BCUT2D eigenvalue weighted by molar-refractivity contribution is -0.141. The third-order valence-electron chi connectivity index (χ3n) is 2.97. The van der Waals surface area contributed by atoms with Crippen LogP contribution < -0.4 is 5.56 Å². The van der Waals surface area contributed by atoms with Crippen molar-refractivity contribution in [1.82, 2.24) is 9.88 Å². The van der Waals surface area contributed by atoms with E-state index in [0.717, 1.165) is 12.8 Å². The summed E-state index contributed by atoms with van der Waals surface area (Å²) >= 11 is 0. The average Bonchev–Trinajstić information content (AvgIpc) is 3.13. The Bertz CT molecular complexity index is 533. The van der Waals surface area contributed by atoms with Gasteiger partial charge in [0.05, 0.1) is 0 Å². The first kappa shape index (κ1) is 12.3. The van der Waals surface area contributed by atoms with Crippen molar-refractivity contribution in [3.05, 3.63) is 34.2 Å². The molecule has 1 aliphatic carbocycles. The summed E-state index contributed by atoms with van der Waals surface area (Å²) in [4.78, 5) is 38.2. The van der Waals surface area contributed by atoms with Gasteiger partial charge in [0.15, 0.2) is 0 Å². The minimum atomic E-state index is -1.04. The summed E-state index contributed by atoms with van der Waals surface area (Å²) in [5, 5.41) is 9.02. The summed E-state index contributed by atoms with van der Waals surface area (Å²) in [6.07, 6.45) is 3.01. The van der Waals surface area contributed by atoms with Crippen LogP contribution in [0.15, 0.2) is 23.1 Å². The van der Waals surface area contributed by atoms with E-state index in [1.54, 1.807) is 0 Å². The molecular weight excluding hydrogens is 236 g/mol. The lowest BCUT2D eigenvalue weighted by Crippen LogP contribution is -2.44. The molecule has 0 aliphatic heterocycles. The number of carboxylic acid groups (broad SMARTS) is 1. The van der Waals surface area contributed by atoms with Crippen LogP contribution in [0.2, 0.25) is 0 Å². The SMILES string of the molecule is CC(C(=O)O)N(C(=O)c1cc[nH]c(=O)c1)C1CC1. The van der Waals surface area contributed by atoms with Crippen LogP contribution in [0, 0.1) is 0 Å². The number of aliphatic carboxylic acids is 1. The molecule has 0 radical (unpaired) electrons. The Kier molecular flexibility index (Phi) is 3.18. The Morgan fingerprint density at radius 1 is 1.50 bits per heavy atom. The van der Waals surface area contributed by atoms with Crippen molar-refractivity contribution in [2.45, 2.75) is 31.8 Å². The van der Waals surface area contributed by atoms with Crippen LogP contribution >= 0.6 is 0 Å². The molecule has 1 fully saturated rings. The van der Waals surface area contributed by atoms with Crippen LogP contribution in [0.25, 0.3) is 0 Å². The molecule has 1 unspecified atom stereocenters. The second kappa shape index (κ2) is 4.64. The van der Waals surface area contributed by atoms with Gasteiger partial charge in [-0.05, 0) is 25.8 Å². The van der Waals surface area contributed by atoms with Gasteiger partial charge in [0, 0.05) is 23.9 Å². The van der Waals surface area contributed by atoms with Gasteiger partial charge < -0.3 is 15.0 Å². The normalized spacial score (nSPS) is 16.1. The van der Waals surface area contributed by atoms with Gasteiger partial charge in [-0.25, -0.2) is 4.79 Å². The molecule has 1 atom stereocenters. The van der Waals surface area contributed by atoms with E-state index in [1.807, 2.05) is 0 Å². The highest BCUT2D eigenvalue weighted by molar-refractivity contribution is 5.96. The Morgan fingerprint density at radius 2 is 2.17 bits per heavy atom. The number of aromatic nitrogens is 1. The quantitative estimate of drug-likeness (QED) is 0.811. The molecule has 0 bridgehead atoms. The van der Waals surface area contributed by atoms with Crippen molar-refractivity contribution < 1.29 is 14.7 Å². The summed E-state index contributed by atoms with van der Waals surface area (Å²) in [5.41, 5.74) is -0.154. The Labute approximate surface area is 103 Å². The smallest absolute Gasteiger partial charge is 0.326 e. The molecule has 18 heavy (non-hydrogen) atoms. The highest BCUT2D eigenvalue weighted by atomic mass is 16.4. The lowest BCUT2D eigenvalue weighted by Gasteiger charge is -2.26. The van der Waals surface area contributed by atoms with E-state index in [-0.39, 0.29) is 17.2 Å². The Morgan fingerprint density at radius 3 is 2.67 bits per heavy atom. The molecular formula is C12H14N2O4. The van der Waals surface area contributed by atoms with E-state index in [1.165, 1.54) is 30.2 Å². The zero-order valence-electron chi connectivity index (χ0n) is 9.92. The summed E-state index contributed by atoms with van der Waals surface area (Å²) in [7, 11) is 0. The van der Waals surface area contributed by atoms with Crippen LogP contribution in [0.3, 0.4) is 0 Å². The molecule has 0 aromatic carbocycles. The fraction of sp³-hybridized carbons (Fsp3) is 0.417. The van der Waals surface area contributed by atoms with Gasteiger partial charge >= 0.3 is 5.97 Å². The van der Waals surface area contributed by atoms with Gasteiger partial charge in [0.2, 0.25) is 5.56 Å². The zero-order valence-corrected chi connectivity index (χ0v) is 9.92. The lowest BCUT2D eigenvalue weighted by atomic mass is 10.2. The molecule has 6 heteroatoms. The first-order valence-corrected chi connectivity index (χ1v) is 5.75. The van der Waals surface area contributed by atoms with Crippen molar-refractivity contribution in [1.29, 1.82) is 0 Å². The molecule has 0 spiro atoms. The topological polar surface area (TPSA) is 90.5 Å². The van der Waals surface area contributed by atoms with Crippen LogP contribution in [0.4, 0.5) is 0 Å². The predicted octanol–water partition coefficient (Wildman–Crippen LogP) is 0.453. The maximum absolute atomic E-state index is 12.2.